The average molecular weight is 267 g/mol. The zero-order valence-electron chi connectivity index (χ0n) is 10.4. The van der Waals surface area contributed by atoms with Gasteiger partial charge in [0.2, 0.25) is 0 Å². The van der Waals surface area contributed by atoms with E-state index in [0.717, 1.165) is 28.7 Å². The number of aromatic nitrogens is 2. The maximum Gasteiger partial charge on any atom is 0.0988 e. The Kier molecular flexibility index (Phi) is 4.25. The molecule has 0 aliphatic rings. The van der Waals surface area contributed by atoms with Crippen LogP contribution in [0.3, 0.4) is 0 Å². The number of nitrogens with one attached hydrogen (secondary N) is 1. The summed E-state index contributed by atoms with van der Waals surface area (Å²) in [4.78, 5) is 10.2. The van der Waals surface area contributed by atoms with Crippen LogP contribution in [0.15, 0.2) is 11.6 Å². The van der Waals surface area contributed by atoms with Crippen molar-refractivity contribution >= 4 is 22.7 Å². The highest BCUT2D eigenvalue weighted by Gasteiger charge is 2.10. The molecule has 0 spiro atoms. The largest absolute Gasteiger partial charge is 0.310 e. The molecule has 0 aromatic carbocycles. The van der Waals surface area contributed by atoms with Crippen LogP contribution in [0.25, 0.3) is 0 Å². The minimum absolute atomic E-state index is 0.392. The number of aryl methyl sites for hydroxylation is 1. The molecule has 2 heterocycles. The summed E-state index contributed by atoms with van der Waals surface area (Å²) in [6, 6.07) is 0.392. The smallest absolute Gasteiger partial charge is 0.0988 e. The summed E-state index contributed by atoms with van der Waals surface area (Å²) in [5.41, 5.74) is 1.13. The topological polar surface area (TPSA) is 37.8 Å². The van der Waals surface area contributed by atoms with Gasteiger partial charge in [0.25, 0.3) is 0 Å². The fourth-order valence-electron chi connectivity index (χ4n) is 1.66. The third kappa shape index (κ3) is 3.34. The zero-order valence-corrected chi connectivity index (χ0v) is 12.0. The van der Waals surface area contributed by atoms with E-state index in [1.807, 2.05) is 13.1 Å². The molecule has 0 aliphatic carbocycles. The SMILES string of the molecule is CCNC(C)c1cnc(Cc2csc(C)n2)s1. The molecule has 2 aromatic rings. The quantitative estimate of drug-likeness (QED) is 0.904. The van der Waals surface area contributed by atoms with E-state index < -0.39 is 0 Å². The van der Waals surface area contributed by atoms with Gasteiger partial charge in [-0.25, -0.2) is 9.97 Å². The van der Waals surface area contributed by atoms with Crippen LogP contribution in [0.5, 0.6) is 0 Å². The molecule has 2 rings (SSSR count). The Morgan fingerprint density at radius 2 is 2.29 bits per heavy atom. The van der Waals surface area contributed by atoms with E-state index in [-0.39, 0.29) is 0 Å². The van der Waals surface area contributed by atoms with Gasteiger partial charge in [-0.05, 0) is 20.4 Å². The molecule has 0 saturated heterocycles. The molecule has 17 heavy (non-hydrogen) atoms. The Balaban J connectivity index is 2.03. The van der Waals surface area contributed by atoms with E-state index in [1.165, 1.54) is 4.88 Å². The summed E-state index contributed by atoms with van der Waals surface area (Å²) in [5, 5.41) is 7.79. The first-order valence-electron chi connectivity index (χ1n) is 5.78. The summed E-state index contributed by atoms with van der Waals surface area (Å²) in [5.74, 6) is 0. The first kappa shape index (κ1) is 12.7. The van der Waals surface area contributed by atoms with Crippen LogP contribution in [0.2, 0.25) is 0 Å². The second kappa shape index (κ2) is 5.71. The monoisotopic (exact) mass is 267 g/mol. The van der Waals surface area contributed by atoms with Crippen molar-refractivity contribution in [1.29, 1.82) is 0 Å². The molecule has 0 aliphatic heterocycles. The van der Waals surface area contributed by atoms with Gasteiger partial charge in [0.1, 0.15) is 0 Å². The van der Waals surface area contributed by atoms with E-state index in [1.54, 1.807) is 22.7 Å². The minimum Gasteiger partial charge on any atom is -0.310 e. The highest BCUT2D eigenvalue weighted by molar-refractivity contribution is 7.11. The van der Waals surface area contributed by atoms with Crippen molar-refractivity contribution in [2.24, 2.45) is 0 Å². The Labute approximate surface area is 110 Å². The van der Waals surface area contributed by atoms with Gasteiger partial charge in [0, 0.05) is 28.9 Å². The van der Waals surface area contributed by atoms with Gasteiger partial charge in [0.15, 0.2) is 0 Å². The number of hydrogen-bond acceptors (Lipinski definition) is 5. The second-order valence-electron chi connectivity index (χ2n) is 3.97. The number of hydrogen-bond donors (Lipinski definition) is 1. The fraction of sp³-hybridized carbons (Fsp3) is 0.500. The van der Waals surface area contributed by atoms with Crippen molar-refractivity contribution in [1.82, 2.24) is 15.3 Å². The van der Waals surface area contributed by atoms with Crippen LogP contribution in [0.4, 0.5) is 0 Å². The van der Waals surface area contributed by atoms with Crippen molar-refractivity contribution in [2.45, 2.75) is 33.2 Å². The standard InChI is InChI=1S/C12H17N3S2/c1-4-13-8(2)11-6-14-12(17-11)5-10-7-16-9(3)15-10/h6-8,13H,4-5H2,1-3H3. The van der Waals surface area contributed by atoms with Crippen LogP contribution in [0.1, 0.15) is 40.5 Å². The van der Waals surface area contributed by atoms with Crippen molar-refractivity contribution in [3.05, 3.63) is 32.2 Å². The van der Waals surface area contributed by atoms with Crippen molar-refractivity contribution in [2.75, 3.05) is 6.54 Å². The Morgan fingerprint density at radius 3 is 2.94 bits per heavy atom. The number of rotatable bonds is 5. The van der Waals surface area contributed by atoms with Gasteiger partial charge in [-0.3, -0.25) is 0 Å². The van der Waals surface area contributed by atoms with Gasteiger partial charge < -0.3 is 5.32 Å². The van der Waals surface area contributed by atoms with E-state index in [4.69, 9.17) is 0 Å². The lowest BCUT2D eigenvalue weighted by Crippen LogP contribution is -2.16. The molecule has 3 nitrogen and oxygen atoms in total. The highest BCUT2D eigenvalue weighted by Crippen LogP contribution is 2.22. The fourth-order valence-corrected chi connectivity index (χ4v) is 3.23. The maximum absolute atomic E-state index is 4.47. The summed E-state index contributed by atoms with van der Waals surface area (Å²) < 4.78 is 0. The molecule has 1 N–H and O–H groups in total. The zero-order chi connectivity index (χ0) is 12.3. The van der Waals surface area contributed by atoms with Gasteiger partial charge >= 0.3 is 0 Å². The molecule has 5 heteroatoms. The molecule has 2 aromatic heterocycles. The Morgan fingerprint density at radius 1 is 1.47 bits per heavy atom. The molecule has 92 valence electrons. The van der Waals surface area contributed by atoms with Crippen LogP contribution in [-0.4, -0.2) is 16.5 Å². The predicted molar refractivity (Wildman–Crippen MR) is 73.9 cm³/mol. The molecule has 1 unspecified atom stereocenters. The van der Waals surface area contributed by atoms with Crippen molar-refractivity contribution < 1.29 is 0 Å². The van der Waals surface area contributed by atoms with E-state index in [2.05, 4.69) is 34.5 Å². The average Bonchev–Trinajstić information content (AvgIpc) is 2.89. The minimum atomic E-state index is 0.392. The molecule has 0 radical (unpaired) electrons. The Hall–Kier alpha value is -0.780. The molecular weight excluding hydrogens is 250 g/mol. The second-order valence-corrected chi connectivity index (χ2v) is 6.18. The van der Waals surface area contributed by atoms with Crippen LogP contribution in [-0.2, 0) is 6.42 Å². The summed E-state index contributed by atoms with van der Waals surface area (Å²) in [7, 11) is 0. The van der Waals surface area contributed by atoms with Gasteiger partial charge in [-0.15, -0.1) is 22.7 Å². The third-order valence-electron chi connectivity index (χ3n) is 2.51. The van der Waals surface area contributed by atoms with Crippen LogP contribution in [0, 0.1) is 6.92 Å². The summed E-state index contributed by atoms with van der Waals surface area (Å²) in [6.07, 6.45) is 2.83. The molecule has 0 bridgehead atoms. The number of thiazole rings is 2. The van der Waals surface area contributed by atoms with Crippen molar-refractivity contribution in [3.8, 4) is 0 Å². The highest BCUT2D eigenvalue weighted by atomic mass is 32.1. The van der Waals surface area contributed by atoms with Gasteiger partial charge in [-0.1, -0.05) is 6.92 Å². The molecular formula is C12H17N3S2. The molecule has 1 atom stereocenters. The van der Waals surface area contributed by atoms with Crippen LogP contribution < -0.4 is 5.32 Å². The Bertz CT molecular complexity index is 476. The molecule has 0 fully saturated rings. The molecule has 0 saturated carbocycles. The molecule has 0 amide bonds. The lowest BCUT2D eigenvalue weighted by atomic mass is 10.3. The lowest BCUT2D eigenvalue weighted by molar-refractivity contribution is 0.606. The maximum atomic E-state index is 4.47. The lowest BCUT2D eigenvalue weighted by Gasteiger charge is -2.07. The van der Waals surface area contributed by atoms with Crippen molar-refractivity contribution in [3.63, 3.8) is 0 Å². The number of nitrogens with zero attached hydrogens (tertiary/aromatic N) is 2. The van der Waals surface area contributed by atoms with E-state index in [0.29, 0.717) is 6.04 Å². The van der Waals surface area contributed by atoms with E-state index in [9.17, 15) is 0 Å². The van der Waals surface area contributed by atoms with Crippen LogP contribution >= 0.6 is 22.7 Å². The first-order valence-corrected chi connectivity index (χ1v) is 7.47. The van der Waals surface area contributed by atoms with Gasteiger partial charge in [-0.2, -0.15) is 0 Å². The normalized spacial score (nSPS) is 12.9. The first-order chi connectivity index (χ1) is 8.19. The summed E-state index contributed by atoms with van der Waals surface area (Å²) >= 11 is 3.47. The summed E-state index contributed by atoms with van der Waals surface area (Å²) in [6.45, 7) is 7.32. The van der Waals surface area contributed by atoms with E-state index >= 15 is 0 Å². The van der Waals surface area contributed by atoms with Gasteiger partial charge in [0.05, 0.1) is 15.7 Å². The predicted octanol–water partition coefficient (Wildman–Crippen LogP) is 3.17. The third-order valence-corrected chi connectivity index (χ3v) is 4.51.